The molecule has 0 fully saturated rings. The van der Waals surface area contributed by atoms with Crippen molar-refractivity contribution < 1.29 is 0 Å². The fourth-order valence-corrected chi connectivity index (χ4v) is 3.22. The molecule has 2 aromatic rings. The molecule has 0 saturated carbocycles. The first-order valence-electron chi connectivity index (χ1n) is 5.44. The van der Waals surface area contributed by atoms with E-state index in [-0.39, 0.29) is 0 Å². The van der Waals surface area contributed by atoms with Crippen molar-refractivity contribution in [1.82, 2.24) is 15.3 Å². The number of rotatable bonds is 1. The van der Waals surface area contributed by atoms with Crippen molar-refractivity contribution in [2.45, 2.75) is 19.4 Å². The van der Waals surface area contributed by atoms with E-state index in [1.165, 1.54) is 16.1 Å². The molecule has 1 N–H and O–H groups in total. The Bertz CT molecular complexity index is 492. The van der Waals surface area contributed by atoms with Gasteiger partial charge in [-0.05, 0) is 24.6 Å². The van der Waals surface area contributed by atoms with Gasteiger partial charge in [0.1, 0.15) is 0 Å². The minimum Gasteiger partial charge on any atom is -0.305 e. The highest BCUT2D eigenvalue weighted by molar-refractivity contribution is 7.11. The van der Waals surface area contributed by atoms with E-state index in [0.29, 0.717) is 6.04 Å². The van der Waals surface area contributed by atoms with E-state index in [1.807, 2.05) is 12.4 Å². The van der Waals surface area contributed by atoms with Gasteiger partial charge in [-0.15, -0.1) is 11.3 Å². The summed E-state index contributed by atoms with van der Waals surface area (Å²) in [6.45, 7) is 3.08. The van der Waals surface area contributed by atoms with Crippen LogP contribution in [-0.4, -0.2) is 16.5 Å². The van der Waals surface area contributed by atoms with E-state index >= 15 is 0 Å². The molecular formula is C12H13N3S. The lowest BCUT2D eigenvalue weighted by Crippen LogP contribution is -2.29. The van der Waals surface area contributed by atoms with Crippen LogP contribution in [0.5, 0.6) is 0 Å². The van der Waals surface area contributed by atoms with Gasteiger partial charge in [-0.1, -0.05) is 0 Å². The molecule has 0 saturated heterocycles. The monoisotopic (exact) mass is 231 g/mol. The van der Waals surface area contributed by atoms with Crippen molar-refractivity contribution in [2.75, 3.05) is 6.54 Å². The molecule has 0 amide bonds. The number of nitrogens with zero attached hydrogens (tertiary/aromatic N) is 2. The SMILES string of the molecule is Cc1nc2c(s1)C(c1ccncc1)NCC2. The topological polar surface area (TPSA) is 37.8 Å². The Labute approximate surface area is 98.6 Å². The third-order valence-electron chi connectivity index (χ3n) is 2.85. The zero-order valence-corrected chi connectivity index (χ0v) is 9.92. The Morgan fingerprint density at radius 3 is 3.00 bits per heavy atom. The van der Waals surface area contributed by atoms with Crippen molar-refractivity contribution in [3.05, 3.63) is 45.7 Å². The molecule has 3 nitrogen and oxygen atoms in total. The van der Waals surface area contributed by atoms with E-state index in [4.69, 9.17) is 0 Å². The second kappa shape index (κ2) is 3.96. The first-order valence-corrected chi connectivity index (χ1v) is 6.26. The van der Waals surface area contributed by atoms with Crippen LogP contribution in [0.2, 0.25) is 0 Å². The highest BCUT2D eigenvalue weighted by atomic mass is 32.1. The summed E-state index contributed by atoms with van der Waals surface area (Å²) >= 11 is 1.80. The van der Waals surface area contributed by atoms with Crippen molar-refractivity contribution in [3.8, 4) is 0 Å². The Balaban J connectivity index is 2.05. The number of pyridine rings is 1. The van der Waals surface area contributed by atoms with Crippen LogP contribution >= 0.6 is 11.3 Å². The van der Waals surface area contributed by atoms with Crippen molar-refractivity contribution in [1.29, 1.82) is 0 Å². The maximum atomic E-state index is 4.59. The molecule has 3 heterocycles. The van der Waals surface area contributed by atoms with E-state index in [1.54, 1.807) is 11.3 Å². The molecule has 0 aromatic carbocycles. The molecule has 0 aliphatic carbocycles. The number of hydrogen-bond acceptors (Lipinski definition) is 4. The number of aryl methyl sites for hydroxylation is 1. The van der Waals surface area contributed by atoms with Crippen LogP contribution < -0.4 is 5.32 Å². The first kappa shape index (κ1) is 9.93. The number of nitrogens with one attached hydrogen (secondary N) is 1. The summed E-state index contributed by atoms with van der Waals surface area (Å²) in [4.78, 5) is 10.0. The predicted molar refractivity (Wildman–Crippen MR) is 64.6 cm³/mol. The van der Waals surface area contributed by atoms with Gasteiger partial charge in [0.15, 0.2) is 0 Å². The zero-order chi connectivity index (χ0) is 11.0. The average molecular weight is 231 g/mol. The minimum atomic E-state index is 0.304. The highest BCUT2D eigenvalue weighted by Gasteiger charge is 2.24. The summed E-state index contributed by atoms with van der Waals surface area (Å²) in [5.41, 5.74) is 2.54. The summed E-state index contributed by atoms with van der Waals surface area (Å²) in [6.07, 6.45) is 4.74. The van der Waals surface area contributed by atoms with Gasteiger partial charge >= 0.3 is 0 Å². The van der Waals surface area contributed by atoms with Crippen LogP contribution in [0.25, 0.3) is 0 Å². The third-order valence-corrected chi connectivity index (χ3v) is 3.92. The summed E-state index contributed by atoms with van der Waals surface area (Å²) in [5.74, 6) is 0. The summed E-state index contributed by atoms with van der Waals surface area (Å²) in [5, 5.41) is 4.71. The number of hydrogen-bond donors (Lipinski definition) is 1. The van der Waals surface area contributed by atoms with Gasteiger partial charge in [-0.3, -0.25) is 4.98 Å². The number of thiazole rings is 1. The smallest absolute Gasteiger partial charge is 0.0900 e. The minimum absolute atomic E-state index is 0.304. The summed E-state index contributed by atoms with van der Waals surface area (Å²) in [7, 11) is 0. The molecule has 16 heavy (non-hydrogen) atoms. The van der Waals surface area contributed by atoms with Gasteiger partial charge in [-0.2, -0.15) is 0 Å². The largest absolute Gasteiger partial charge is 0.305 e. The summed E-state index contributed by atoms with van der Waals surface area (Å²) < 4.78 is 0. The van der Waals surface area contributed by atoms with E-state index < -0.39 is 0 Å². The Hall–Kier alpha value is -1.26. The lowest BCUT2D eigenvalue weighted by molar-refractivity contribution is 0.570. The standard InChI is InChI=1S/C12H13N3S/c1-8-15-10-4-7-14-11(12(10)16-8)9-2-5-13-6-3-9/h2-3,5-6,11,14H,4,7H2,1H3. The van der Waals surface area contributed by atoms with E-state index in [9.17, 15) is 0 Å². The van der Waals surface area contributed by atoms with Crippen LogP contribution in [0, 0.1) is 6.92 Å². The molecule has 3 rings (SSSR count). The Morgan fingerprint density at radius 2 is 2.19 bits per heavy atom. The highest BCUT2D eigenvalue weighted by Crippen LogP contribution is 2.32. The van der Waals surface area contributed by atoms with Gasteiger partial charge < -0.3 is 5.32 Å². The van der Waals surface area contributed by atoms with Crippen LogP contribution in [0.1, 0.15) is 27.2 Å². The normalized spacial score (nSPS) is 19.4. The molecule has 4 heteroatoms. The van der Waals surface area contributed by atoms with Gasteiger partial charge in [0, 0.05) is 30.2 Å². The Kier molecular flexibility index (Phi) is 2.46. The Morgan fingerprint density at radius 1 is 1.38 bits per heavy atom. The van der Waals surface area contributed by atoms with E-state index in [2.05, 4.69) is 34.3 Å². The second-order valence-corrected chi connectivity index (χ2v) is 5.20. The lowest BCUT2D eigenvalue weighted by atomic mass is 10.0. The first-order chi connectivity index (χ1) is 7.84. The van der Waals surface area contributed by atoms with Gasteiger partial charge in [0.05, 0.1) is 16.7 Å². The fraction of sp³-hybridized carbons (Fsp3) is 0.333. The molecule has 0 spiro atoms. The zero-order valence-electron chi connectivity index (χ0n) is 9.10. The van der Waals surface area contributed by atoms with Crippen LogP contribution in [-0.2, 0) is 6.42 Å². The molecule has 0 radical (unpaired) electrons. The van der Waals surface area contributed by atoms with Crippen LogP contribution in [0.3, 0.4) is 0 Å². The second-order valence-electron chi connectivity index (χ2n) is 3.96. The average Bonchev–Trinajstić information content (AvgIpc) is 2.70. The molecule has 82 valence electrons. The predicted octanol–water partition coefficient (Wildman–Crippen LogP) is 2.08. The van der Waals surface area contributed by atoms with E-state index in [0.717, 1.165) is 18.0 Å². The van der Waals surface area contributed by atoms with Crippen LogP contribution in [0.4, 0.5) is 0 Å². The molecule has 1 atom stereocenters. The molecule has 1 aliphatic rings. The van der Waals surface area contributed by atoms with Crippen molar-refractivity contribution in [3.63, 3.8) is 0 Å². The van der Waals surface area contributed by atoms with Crippen molar-refractivity contribution >= 4 is 11.3 Å². The van der Waals surface area contributed by atoms with Gasteiger partial charge in [0.25, 0.3) is 0 Å². The van der Waals surface area contributed by atoms with Crippen molar-refractivity contribution in [2.24, 2.45) is 0 Å². The van der Waals surface area contributed by atoms with Gasteiger partial charge in [-0.25, -0.2) is 4.98 Å². The summed E-state index contributed by atoms with van der Waals surface area (Å²) in [6, 6.07) is 4.45. The fourth-order valence-electron chi connectivity index (χ4n) is 2.14. The molecule has 1 unspecified atom stereocenters. The number of fused-ring (bicyclic) bond motifs is 1. The quantitative estimate of drug-likeness (QED) is 0.816. The molecular weight excluding hydrogens is 218 g/mol. The third kappa shape index (κ3) is 1.64. The van der Waals surface area contributed by atoms with Gasteiger partial charge in [0.2, 0.25) is 0 Å². The number of aromatic nitrogens is 2. The maximum Gasteiger partial charge on any atom is 0.0900 e. The molecule has 1 aliphatic heterocycles. The lowest BCUT2D eigenvalue weighted by Gasteiger charge is -2.23. The molecule has 2 aromatic heterocycles. The van der Waals surface area contributed by atoms with Crippen LogP contribution in [0.15, 0.2) is 24.5 Å². The molecule has 0 bridgehead atoms. The maximum absolute atomic E-state index is 4.59.